The van der Waals surface area contributed by atoms with Crippen LogP contribution in [-0.4, -0.2) is 54.5 Å². The van der Waals surface area contributed by atoms with Gasteiger partial charge in [0.05, 0.1) is 6.04 Å². The first kappa shape index (κ1) is 22.3. The van der Waals surface area contributed by atoms with Gasteiger partial charge in [-0.05, 0) is 36.5 Å². The van der Waals surface area contributed by atoms with Crippen molar-refractivity contribution in [2.45, 2.75) is 39.7 Å². The van der Waals surface area contributed by atoms with E-state index in [0.29, 0.717) is 5.92 Å². The zero-order chi connectivity index (χ0) is 21.5. The number of para-hydroxylation sites is 1. The van der Waals surface area contributed by atoms with E-state index in [2.05, 4.69) is 90.5 Å². The predicted molar refractivity (Wildman–Crippen MR) is 127 cm³/mol. The van der Waals surface area contributed by atoms with Crippen LogP contribution in [0.25, 0.3) is 6.08 Å². The summed E-state index contributed by atoms with van der Waals surface area (Å²) in [5.41, 5.74) is 4.54. The Morgan fingerprint density at radius 1 is 1.00 bits per heavy atom. The molecule has 1 aliphatic heterocycles. The third-order valence-corrected chi connectivity index (χ3v) is 5.98. The average molecular weight is 406 g/mol. The first-order valence-corrected chi connectivity index (χ1v) is 11.0. The van der Waals surface area contributed by atoms with Gasteiger partial charge in [0.25, 0.3) is 0 Å². The number of carbonyl (C=O) groups is 1. The molecule has 0 unspecified atom stereocenters. The summed E-state index contributed by atoms with van der Waals surface area (Å²) in [7, 11) is 0. The molecule has 1 saturated heterocycles. The molecule has 2 aromatic carbocycles. The van der Waals surface area contributed by atoms with Crippen molar-refractivity contribution in [1.29, 1.82) is 0 Å². The summed E-state index contributed by atoms with van der Waals surface area (Å²) in [5.74, 6) is 0.464. The molecule has 0 saturated carbocycles. The third kappa shape index (κ3) is 5.80. The van der Waals surface area contributed by atoms with Gasteiger partial charge < -0.3 is 5.32 Å². The molecular formula is C26H35N3O. The van der Waals surface area contributed by atoms with Gasteiger partial charge in [0, 0.05) is 38.4 Å². The van der Waals surface area contributed by atoms with Crippen molar-refractivity contribution in [3.63, 3.8) is 0 Å². The van der Waals surface area contributed by atoms with E-state index < -0.39 is 0 Å². The van der Waals surface area contributed by atoms with E-state index >= 15 is 0 Å². The molecule has 1 heterocycles. The number of aryl methyl sites for hydroxylation is 1. The smallest absolute Gasteiger partial charge is 0.241 e. The molecule has 0 aliphatic carbocycles. The van der Waals surface area contributed by atoms with Gasteiger partial charge in [0.2, 0.25) is 5.91 Å². The van der Waals surface area contributed by atoms with Crippen molar-refractivity contribution in [1.82, 2.24) is 9.80 Å². The molecular weight excluding hydrogens is 370 g/mol. The second kappa shape index (κ2) is 10.6. The monoisotopic (exact) mass is 405 g/mol. The highest BCUT2D eigenvalue weighted by Gasteiger charge is 2.26. The van der Waals surface area contributed by atoms with Gasteiger partial charge in [-0.25, -0.2) is 0 Å². The number of amides is 1. The van der Waals surface area contributed by atoms with Gasteiger partial charge in [0.1, 0.15) is 0 Å². The molecule has 1 fully saturated rings. The van der Waals surface area contributed by atoms with Crippen LogP contribution in [0.5, 0.6) is 0 Å². The Balaban J connectivity index is 1.51. The minimum atomic E-state index is -0.133. The molecule has 1 aliphatic rings. The van der Waals surface area contributed by atoms with E-state index in [-0.39, 0.29) is 11.9 Å². The Labute approximate surface area is 181 Å². The fourth-order valence-corrected chi connectivity index (χ4v) is 3.97. The van der Waals surface area contributed by atoms with Crippen LogP contribution in [0.2, 0.25) is 0 Å². The Morgan fingerprint density at radius 3 is 2.37 bits per heavy atom. The molecule has 4 heteroatoms. The third-order valence-electron chi connectivity index (χ3n) is 5.98. The maximum atomic E-state index is 13.0. The molecule has 0 aromatic heterocycles. The molecule has 4 nitrogen and oxygen atoms in total. The molecule has 30 heavy (non-hydrogen) atoms. The van der Waals surface area contributed by atoms with Crippen molar-refractivity contribution in [2.75, 3.05) is 38.0 Å². The maximum Gasteiger partial charge on any atom is 0.241 e. The van der Waals surface area contributed by atoms with Gasteiger partial charge >= 0.3 is 0 Å². The van der Waals surface area contributed by atoms with Crippen molar-refractivity contribution in [3.8, 4) is 0 Å². The number of piperazine rings is 1. The number of nitrogens with zero attached hydrogens (tertiary/aromatic N) is 2. The lowest BCUT2D eigenvalue weighted by Gasteiger charge is -2.37. The van der Waals surface area contributed by atoms with Gasteiger partial charge in [-0.15, -0.1) is 0 Å². The molecule has 1 atom stereocenters. The number of nitrogens with one attached hydrogen (secondary N) is 1. The van der Waals surface area contributed by atoms with Crippen LogP contribution in [0.4, 0.5) is 5.69 Å². The fourth-order valence-electron chi connectivity index (χ4n) is 3.97. The van der Waals surface area contributed by atoms with Crippen molar-refractivity contribution >= 4 is 17.7 Å². The van der Waals surface area contributed by atoms with E-state index in [4.69, 9.17) is 0 Å². The molecule has 0 spiro atoms. The molecule has 1 amide bonds. The number of benzene rings is 2. The second-order valence-electron chi connectivity index (χ2n) is 8.51. The normalized spacial score (nSPS) is 16.8. The lowest BCUT2D eigenvalue weighted by Crippen LogP contribution is -2.52. The Morgan fingerprint density at radius 2 is 1.70 bits per heavy atom. The van der Waals surface area contributed by atoms with Gasteiger partial charge in [-0.3, -0.25) is 14.6 Å². The van der Waals surface area contributed by atoms with Crippen molar-refractivity contribution in [2.24, 2.45) is 0 Å². The fraction of sp³-hybridized carbons (Fsp3) is 0.423. The summed E-state index contributed by atoms with van der Waals surface area (Å²) < 4.78 is 0. The summed E-state index contributed by atoms with van der Waals surface area (Å²) in [5, 5.41) is 3.22. The van der Waals surface area contributed by atoms with E-state index in [1.807, 2.05) is 13.0 Å². The van der Waals surface area contributed by atoms with Crippen LogP contribution < -0.4 is 5.32 Å². The Kier molecular flexibility index (Phi) is 7.83. The lowest BCUT2D eigenvalue weighted by molar-refractivity contribution is -0.121. The number of anilines is 1. The Hall–Kier alpha value is -2.43. The molecule has 0 radical (unpaired) electrons. The Bertz CT molecular complexity index is 852. The highest BCUT2D eigenvalue weighted by atomic mass is 16.2. The zero-order valence-corrected chi connectivity index (χ0v) is 18.8. The van der Waals surface area contributed by atoms with Crippen molar-refractivity contribution < 1.29 is 4.79 Å². The summed E-state index contributed by atoms with van der Waals surface area (Å²) in [6.45, 7) is 13.2. The van der Waals surface area contributed by atoms with Crippen LogP contribution in [0.15, 0.2) is 54.6 Å². The number of carbonyl (C=O) groups excluding carboxylic acids is 1. The first-order chi connectivity index (χ1) is 14.5. The summed E-state index contributed by atoms with van der Waals surface area (Å²) in [6, 6.07) is 16.5. The van der Waals surface area contributed by atoms with Crippen molar-refractivity contribution in [3.05, 3.63) is 71.3 Å². The van der Waals surface area contributed by atoms with Crippen LogP contribution in [0.1, 0.15) is 43.4 Å². The highest BCUT2D eigenvalue weighted by Crippen LogP contribution is 2.27. The zero-order valence-electron chi connectivity index (χ0n) is 18.8. The minimum Gasteiger partial charge on any atom is -0.324 e. The van der Waals surface area contributed by atoms with E-state index in [9.17, 15) is 4.79 Å². The molecule has 3 rings (SSSR count). The van der Waals surface area contributed by atoms with E-state index in [1.54, 1.807) is 0 Å². The first-order valence-electron chi connectivity index (χ1n) is 11.0. The van der Waals surface area contributed by atoms with Gasteiger partial charge in [-0.2, -0.15) is 0 Å². The van der Waals surface area contributed by atoms with E-state index in [1.165, 1.54) is 11.1 Å². The molecule has 2 aromatic rings. The SMILES string of the molecule is Cc1cccc(C(C)C)c1NC(=O)[C@H](C)N1CCN(C/C=C/c2ccccc2)CC1. The predicted octanol–water partition coefficient (Wildman–Crippen LogP) is 4.78. The van der Waals surface area contributed by atoms with Crippen LogP contribution in [0.3, 0.4) is 0 Å². The molecule has 1 N–H and O–H groups in total. The standard InChI is InChI=1S/C26H35N3O/c1-20(2)24-14-8-10-21(3)25(24)27-26(30)22(4)29-18-16-28(17-19-29)15-9-13-23-11-6-5-7-12-23/h5-14,20,22H,15-19H2,1-4H3,(H,27,30)/b13-9+/t22-/m0/s1. The van der Waals surface area contributed by atoms with Gasteiger partial charge in [0.15, 0.2) is 0 Å². The second-order valence-corrected chi connectivity index (χ2v) is 8.51. The highest BCUT2D eigenvalue weighted by molar-refractivity contribution is 5.96. The van der Waals surface area contributed by atoms with Gasteiger partial charge in [-0.1, -0.05) is 74.5 Å². The summed E-state index contributed by atoms with van der Waals surface area (Å²) in [4.78, 5) is 17.7. The van der Waals surface area contributed by atoms with Crippen LogP contribution in [-0.2, 0) is 4.79 Å². The minimum absolute atomic E-state index is 0.0867. The number of hydrogen-bond acceptors (Lipinski definition) is 3. The summed E-state index contributed by atoms with van der Waals surface area (Å²) >= 11 is 0. The number of rotatable bonds is 7. The lowest BCUT2D eigenvalue weighted by atomic mass is 9.98. The average Bonchev–Trinajstić information content (AvgIpc) is 2.75. The topological polar surface area (TPSA) is 35.6 Å². The molecule has 160 valence electrons. The maximum absolute atomic E-state index is 13.0. The largest absolute Gasteiger partial charge is 0.324 e. The van der Waals surface area contributed by atoms with E-state index in [0.717, 1.165) is 44.0 Å². The summed E-state index contributed by atoms with van der Waals surface area (Å²) in [6.07, 6.45) is 4.41. The quantitative estimate of drug-likeness (QED) is 0.720. The number of hydrogen-bond donors (Lipinski definition) is 1. The van der Waals surface area contributed by atoms with Crippen LogP contribution >= 0.6 is 0 Å². The molecule has 0 bridgehead atoms. The van der Waals surface area contributed by atoms with Crippen LogP contribution in [0, 0.1) is 6.92 Å².